The smallest absolute Gasteiger partial charge is 0.168 e. The summed E-state index contributed by atoms with van der Waals surface area (Å²) in [6, 6.07) is 3.04. The average Bonchev–Trinajstić information content (AvgIpc) is 2.05. The molecule has 0 fully saturated rings. The van der Waals surface area contributed by atoms with Crippen molar-refractivity contribution in [3.8, 4) is 0 Å². The molecule has 0 bridgehead atoms. The Morgan fingerprint density at radius 1 is 1.20 bits per heavy atom. The molecule has 0 aliphatic heterocycles. The van der Waals surface area contributed by atoms with E-state index in [4.69, 9.17) is 0 Å². The van der Waals surface area contributed by atoms with Crippen molar-refractivity contribution in [2.45, 2.75) is 0 Å². The third-order valence-electron chi connectivity index (χ3n) is 1.07. The van der Waals surface area contributed by atoms with Gasteiger partial charge in [0.15, 0.2) is 12.6 Å². The number of pyridine rings is 1. The molecule has 10 heavy (non-hydrogen) atoms. The number of hydrogen-bond acceptors (Lipinski definition) is 3. The first-order chi connectivity index (χ1) is 4.86. The molecule has 0 radical (unpaired) electrons. The van der Waals surface area contributed by atoms with Gasteiger partial charge in [0.2, 0.25) is 0 Å². The zero-order chi connectivity index (χ0) is 7.40. The van der Waals surface area contributed by atoms with Crippen molar-refractivity contribution < 1.29 is 9.59 Å². The maximum atomic E-state index is 10.1. The first-order valence-electron chi connectivity index (χ1n) is 2.73. The van der Waals surface area contributed by atoms with Crippen LogP contribution >= 0.6 is 0 Å². The molecule has 0 N–H and O–H groups in total. The summed E-state index contributed by atoms with van der Waals surface area (Å²) in [7, 11) is 0. The molecule has 50 valence electrons. The molecule has 0 atom stereocenters. The van der Waals surface area contributed by atoms with E-state index >= 15 is 0 Å². The third kappa shape index (κ3) is 1.25. The van der Waals surface area contributed by atoms with Crippen LogP contribution in [0.25, 0.3) is 0 Å². The highest BCUT2D eigenvalue weighted by Gasteiger charge is 1.90. The maximum Gasteiger partial charge on any atom is 0.168 e. The minimum absolute atomic E-state index is 0.339. The van der Waals surface area contributed by atoms with Gasteiger partial charge in [0.1, 0.15) is 5.69 Å². The molecule has 0 unspecified atom stereocenters. The van der Waals surface area contributed by atoms with E-state index in [-0.39, 0.29) is 0 Å². The summed E-state index contributed by atoms with van der Waals surface area (Å²) in [6.07, 6.45) is 2.67. The van der Waals surface area contributed by atoms with Crippen LogP contribution in [0.2, 0.25) is 0 Å². The molecule has 0 saturated carbocycles. The van der Waals surface area contributed by atoms with E-state index in [2.05, 4.69) is 4.98 Å². The molecule has 0 spiro atoms. The molecule has 3 nitrogen and oxygen atoms in total. The van der Waals surface area contributed by atoms with Gasteiger partial charge >= 0.3 is 0 Å². The van der Waals surface area contributed by atoms with E-state index in [9.17, 15) is 9.59 Å². The van der Waals surface area contributed by atoms with Gasteiger partial charge in [0, 0.05) is 11.8 Å². The van der Waals surface area contributed by atoms with Crippen LogP contribution in [0.1, 0.15) is 20.8 Å². The van der Waals surface area contributed by atoms with Gasteiger partial charge in [0.25, 0.3) is 0 Å². The van der Waals surface area contributed by atoms with Gasteiger partial charge in [-0.3, -0.25) is 14.6 Å². The highest BCUT2D eigenvalue weighted by Crippen LogP contribution is 1.93. The fraction of sp³-hybridized carbons (Fsp3) is 0. The van der Waals surface area contributed by atoms with Gasteiger partial charge in [-0.25, -0.2) is 0 Å². The van der Waals surface area contributed by atoms with Gasteiger partial charge in [-0.1, -0.05) is 0 Å². The topological polar surface area (TPSA) is 47.0 Å². The van der Waals surface area contributed by atoms with Crippen molar-refractivity contribution in [3.05, 3.63) is 29.6 Å². The van der Waals surface area contributed by atoms with Crippen LogP contribution in [0.5, 0.6) is 0 Å². The molecule has 1 aromatic rings. The number of carbonyl (C=O) groups excluding carboxylic acids is 2. The fourth-order valence-electron chi connectivity index (χ4n) is 0.556. The minimum Gasteiger partial charge on any atom is -0.298 e. The summed E-state index contributed by atoms with van der Waals surface area (Å²) < 4.78 is 0. The lowest BCUT2D eigenvalue weighted by atomic mass is 10.3. The molecular formula is C7H5NO2. The van der Waals surface area contributed by atoms with Crippen LogP contribution in [0.15, 0.2) is 18.3 Å². The first kappa shape index (κ1) is 6.61. The predicted octanol–water partition coefficient (Wildman–Crippen LogP) is 0.707. The van der Waals surface area contributed by atoms with Crippen molar-refractivity contribution in [3.63, 3.8) is 0 Å². The average molecular weight is 135 g/mol. The highest BCUT2D eigenvalue weighted by atomic mass is 16.1. The summed E-state index contributed by atoms with van der Waals surface area (Å²) in [4.78, 5) is 23.8. The van der Waals surface area contributed by atoms with E-state index < -0.39 is 0 Å². The van der Waals surface area contributed by atoms with Crippen molar-refractivity contribution in [1.82, 2.24) is 4.98 Å². The number of carbonyl (C=O) groups is 2. The Hall–Kier alpha value is -1.51. The van der Waals surface area contributed by atoms with E-state index in [0.29, 0.717) is 23.8 Å². The Kier molecular flexibility index (Phi) is 1.89. The van der Waals surface area contributed by atoms with E-state index in [0.717, 1.165) is 0 Å². The summed E-state index contributed by atoms with van der Waals surface area (Å²) in [6.45, 7) is 0. The first-order valence-corrected chi connectivity index (χ1v) is 2.73. The van der Waals surface area contributed by atoms with E-state index in [1.165, 1.54) is 12.3 Å². The molecule has 0 amide bonds. The van der Waals surface area contributed by atoms with Crippen molar-refractivity contribution in [2.75, 3.05) is 0 Å². The summed E-state index contributed by atoms with van der Waals surface area (Å²) >= 11 is 0. The van der Waals surface area contributed by atoms with Crippen LogP contribution in [0.4, 0.5) is 0 Å². The van der Waals surface area contributed by atoms with Gasteiger partial charge in [-0.15, -0.1) is 0 Å². The fourth-order valence-corrected chi connectivity index (χ4v) is 0.556. The highest BCUT2D eigenvalue weighted by molar-refractivity contribution is 5.77. The number of aromatic nitrogens is 1. The molecule has 1 heterocycles. The zero-order valence-corrected chi connectivity index (χ0v) is 5.15. The lowest BCUT2D eigenvalue weighted by Gasteiger charge is -1.87. The van der Waals surface area contributed by atoms with E-state index in [1.54, 1.807) is 6.07 Å². The van der Waals surface area contributed by atoms with Crippen LogP contribution in [-0.2, 0) is 0 Å². The second kappa shape index (κ2) is 2.87. The number of rotatable bonds is 2. The predicted molar refractivity (Wildman–Crippen MR) is 35.0 cm³/mol. The third-order valence-corrected chi connectivity index (χ3v) is 1.07. The number of nitrogens with zero attached hydrogens (tertiary/aromatic N) is 1. The lowest BCUT2D eigenvalue weighted by molar-refractivity contribution is 0.110. The van der Waals surface area contributed by atoms with Gasteiger partial charge in [-0.05, 0) is 12.1 Å². The molecule has 3 heteroatoms. The molecular weight excluding hydrogens is 130 g/mol. The molecule has 0 aromatic carbocycles. The second-order valence-corrected chi connectivity index (χ2v) is 1.75. The molecule has 1 aromatic heterocycles. The summed E-state index contributed by atoms with van der Waals surface area (Å²) in [5.41, 5.74) is 0.816. The van der Waals surface area contributed by atoms with Crippen molar-refractivity contribution in [1.29, 1.82) is 0 Å². The van der Waals surface area contributed by atoms with Crippen LogP contribution in [-0.4, -0.2) is 17.6 Å². The Labute approximate surface area is 57.7 Å². The van der Waals surface area contributed by atoms with Gasteiger partial charge < -0.3 is 0 Å². The zero-order valence-electron chi connectivity index (χ0n) is 5.15. The van der Waals surface area contributed by atoms with Crippen molar-refractivity contribution >= 4 is 12.6 Å². The Bertz CT molecular complexity index is 213. The molecule has 1 rings (SSSR count). The minimum atomic E-state index is 0.339. The van der Waals surface area contributed by atoms with E-state index in [1.807, 2.05) is 0 Å². The standard InChI is InChI=1S/C7H5NO2/c9-4-6-1-2-7(5-10)8-3-6/h1-5H. The van der Waals surface area contributed by atoms with Crippen LogP contribution < -0.4 is 0 Å². The monoisotopic (exact) mass is 135 g/mol. The quantitative estimate of drug-likeness (QED) is 0.561. The van der Waals surface area contributed by atoms with Gasteiger partial charge in [0.05, 0.1) is 0 Å². The summed E-state index contributed by atoms with van der Waals surface area (Å²) in [5, 5.41) is 0. The maximum absolute atomic E-state index is 10.1. The van der Waals surface area contributed by atoms with Crippen molar-refractivity contribution in [2.24, 2.45) is 0 Å². The van der Waals surface area contributed by atoms with Crippen LogP contribution in [0.3, 0.4) is 0 Å². The normalized spacial score (nSPS) is 8.80. The molecule has 0 aliphatic carbocycles. The Morgan fingerprint density at radius 3 is 2.40 bits per heavy atom. The van der Waals surface area contributed by atoms with Gasteiger partial charge in [-0.2, -0.15) is 0 Å². The second-order valence-electron chi connectivity index (χ2n) is 1.75. The lowest BCUT2D eigenvalue weighted by Crippen LogP contribution is -1.87. The number of hydrogen-bond donors (Lipinski definition) is 0. The Balaban J connectivity index is 3.00. The largest absolute Gasteiger partial charge is 0.298 e. The SMILES string of the molecule is O=Cc1ccc(C=O)nc1. The van der Waals surface area contributed by atoms with Crippen LogP contribution in [0, 0.1) is 0 Å². The molecule has 0 aliphatic rings. The summed E-state index contributed by atoms with van der Waals surface area (Å²) in [5.74, 6) is 0. The molecule has 0 saturated heterocycles. The number of aldehydes is 2. The Morgan fingerprint density at radius 2 is 2.00 bits per heavy atom.